The summed E-state index contributed by atoms with van der Waals surface area (Å²) in [5, 5.41) is 3.28. The van der Waals surface area contributed by atoms with Gasteiger partial charge in [0.25, 0.3) is 0 Å². The number of nitrogens with one attached hydrogen (secondary N) is 1. The molecule has 9 nitrogen and oxygen atoms in total. The second kappa shape index (κ2) is 9.71. The minimum atomic E-state index is -0.261. The Hall–Kier alpha value is -3.98. The largest absolute Gasteiger partial charge is 0.462 e. The van der Waals surface area contributed by atoms with Crippen molar-refractivity contribution in [1.82, 2.24) is 29.8 Å². The van der Waals surface area contributed by atoms with Gasteiger partial charge in [0.05, 0.1) is 11.4 Å². The van der Waals surface area contributed by atoms with Gasteiger partial charge in [0.15, 0.2) is 5.82 Å². The Morgan fingerprint density at radius 3 is 2.71 bits per heavy atom. The fourth-order valence-electron chi connectivity index (χ4n) is 4.17. The van der Waals surface area contributed by atoms with Crippen molar-refractivity contribution >= 4 is 0 Å². The molecule has 0 fully saturated rings. The molecular weight excluding hydrogens is 442 g/mol. The maximum absolute atomic E-state index is 11.2. The van der Waals surface area contributed by atoms with Gasteiger partial charge < -0.3 is 14.6 Å². The molecule has 35 heavy (non-hydrogen) atoms. The second-order valence-electron chi connectivity index (χ2n) is 8.97. The van der Waals surface area contributed by atoms with E-state index in [1.807, 2.05) is 44.4 Å². The highest BCUT2D eigenvalue weighted by Crippen LogP contribution is 2.38. The SMILES string of the molecule is CC(COc1nccc(-c2nc(-c3ccc4c(c3)CCC4N=O)c(-c3ccncc3)[nH]2)n1)N(C)C. The van der Waals surface area contributed by atoms with Crippen molar-refractivity contribution in [3.8, 4) is 40.0 Å². The molecule has 0 radical (unpaired) electrons. The van der Waals surface area contributed by atoms with Crippen LogP contribution in [0.2, 0.25) is 0 Å². The van der Waals surface area contributed by atoms with Crippen molar-refractivity contribution in [3.63, 3.8) is 0 Å². The number of aromatic nitrogens is 5. The van der Waals surface area contributed by atoms with Crippen LogP contribution in [0.5, 0.6) is 6.01 Å². The normalized spacial score (nSPS) is 15.7. The number of hydrogen-bond acceptors (Lipinski definition) is 8. The Morgan fingerprint density at radius 1 is 1.11 bits per heavy atom. The molecule has 0 saturated heterocycles. The minimum Gasteiger partial charge on any atom is -0.462 e. The minimum absolute atomic E-state index is 0.226. The third-order valence-corrected chi connectivity index (χ3v) is 6.47. The number of ether oxygens (including phenoxy) is 1. The fourth-order valence-corrected chi connectivity index (χ4v) is 4.17. The van der Waals surface area contributed by atoms with E-state index in [2.05, 4.69) is 43.0 Å². The number of rotatable bonds is 8. The standard InChI is InChI=1S/C26H27N7O2/c1-16(33(2)3)15-35-26-28-13-10-22(29-26)25-30-23(17-8-11-27-12-9-17)24(31-25)19-4-6-20-18(14-19)5-7-21(20)32-34/h4,6,8-14,16,21H,5,7,15H2,1-3H3,(H,30,31). The summed E-state index contributed by atoms with van der Waals surface area (Å²) in [6, 6.07) is 12.1. The molecule has 3 aromatic heterocycles. The Morgan fingerprint density at radius 2 is 1.94 bits per heavy atom. The van der Waals surface area contributed by atoms with Crippen molar-refractivity contribution in [2.75, 3.05) is 20.7 Å². The molecule has 9 heteroatoms. The third kappa shape index (κ3) is 4.67. The van der Waals surface area contributed by atoms with Crippen LogP contribution in [0.15, 0.2) is 60.2 Å². The molecule has 1 aromatic carbocycles. The first-order valence-electron chi connectivity index (χ1n) is 11.6. The number of H-pyrrole nitrogens is 1. The van der Waals surface area contributed by atoms with Crippen molar-refractivity contribution in [1.29, 1.82) is 0 Å². The number of imidazole rings is 1. The Balaban J connectivity index is 1.53. The average molecular weight is 470 g/mol. The molecule has 5 rings (SSSR count). The van der Waals surface area contributed by atoms with E-state index in [1.54, 1.807) is 18.6 Å². The number of aryl methyl sites for hydroxylation is 1. The first-order valence-corrected chi connectivity index (χ1v) is 11.6. The predicted molar refractivity (Wildman–Crippen MR) is 134 cm³/mol. The molecule has 0 amide bonds. The van der Waals surface area contributed by atoms with E-state index in [-0.39, 0.29) is 12.1 Å². The summed E-state index contributed by atoms with van der Waals surface area (Å²) in [4.78, 5) is 34.6. The van der Waals surface area contributed by atoms with Crippen LogP contribution >= 0.6 is 0 Å². The quantitative estimate of drug-likeness (QED) is 0.373. The second-order valence-corrected chi connectivity index (χ2v) is 8.97. The van der Waals surface area contributed by atoms with Crippen molar-refractivity contribution in [2.24, 2.45) is 5.18 Å². The zero-order valence-corrected chi connectivity index (χ0v) is 20.0. The van der Waals surface area contributed by atoms with Crippen LogP contribution in [-0.4, -0.2) is 56.6 Å². The monoisotopic (exact) mass is 469 g/mol. The van der Waals surface area contributed by atoms with Gasteiger partial charge in [-0.1, -0.05) is 17.3 Å². The van der Waals surface area contributed by atoms with Crippen LogP contribution in [-0.2, 0) is 6.42 Å². The summed E-state index contributed by atoms with van der Waals surface area (Å²) in [5.41, 5.74) is 6.40. The first kappa shape index (κ1) is 22.8. The molecule has 1 aliphatic rings. The molecule has 1 N–H and O–H groups in total. The van der Waals surface area contributed by atoms with Gasteiger partial charge in [-0.2, -0.15) is 9.89 Å². The van der Waals surface area contributed by atoms with Gasteiger partial charge in [0.1, 0.15) is 18.3 Å². The predicted octanol–water partition coefficient (Wildman–Crippen LogP) is 4.68. The molecule has 1 aliphatic carbocycles. The van der Waals surface area contributed by atoms with Crippen molar-refractivity contribution < 1.29 is 4.74 Å². The Bertz CT molecular complexity index is 1340. The molecule has 178 valence electrons. The van der Waals surface area contributed by atoms with E-state index in [1.165, 1.54) is 0 Å². The zero-order chi connectivity index (χ0) is 24.4. The van der Waals surface area contributed by atoms with Gasteiger partial charge in [-0.25, -0.2) is 9.97 Å². The smallest absolute Gasteiger partial charge is 0.317 e. The summed E-state index contributed by atoms with van der Waals surface area (Å²) < 4.78 is 5.82. The number of benzene rings is 1. The van der Waals surface area contributed by atoms with E-state index in [4.69, 9.17) is 9.72 Å². The Labute approximate surface area is 203 Å². The lowest BCUT2D eigenvalue weighted by molar-refractivity contribution is 0.188. The molecule has 0 bridgehead atoms. The maximum atomic E-state index is 11.2. The highest BCUT2D eigenvalue weighted by atomic mass is 16.5. The molecule has 2 atom stereocenters. The van der Waals surface area contributed by atoms with Gasteiger partial charge in [-0.15, -0.1) is 0 Å². The fraction of sp³-hybridized carbons (Fsp3) is 0.308. The van der Waals surface area contributed by atoms with Crippen LogP contribution in [0.4, 0.5) is 0 Å². The zero-order valence-electron chi connectivity index (χ0n) is 20.0. The summed E-state index contributed by atoms with van der Waals surface area (Å²) in [6.07, 6.45) is 6.77. The van der Waals surface area contributed by atoms with E-state index in [0.717, 1.165) is 46.5 Å². The van der Waals surface area contributed by atoms with Crippen molar-refractivity contribution in [2.45, 2.75) is 31.8 Å². The van der Waals surface area contributed by atoms with Crippen LogP contribution in [0.3, 0.4) is 0 Å². The molecule has 3 heterocycles. The van der Waals surface area contributed by atoms with E-state index in [9.17, 15) is 4.91 Å². The highest BCUT2D eigenvalue weighted by molar-refractivity contribution is 5.81. The van der Waals surface area contributed by atoms with E-state index in [0.29, 0.717) is 24.1 Å². The lowest BCUT2D eigenvalue weighted by Gasteiger charge is -2.19. The molecule has 2 unspecified atom stereocenters. The summed E-state index contributed by atoms with van der Waals surface area (Å²) in [6.45, 7) is 2.56. The maximum Gasteiger partial charge on any atom is 0.317 e. The molecular formula is C26H27N7O2. The van der Waals surface area contributed by atoms with Gasteiger partial charge in [-0.05, 0) is 69.3 Å². The number of nitroso groups, excluding NO2 is 1. The Kier molecular flexibility index (Phi) is 6.33. The molecule has 0 saturated carbocycles. The van der Waals surface area contributed by atoms with Gasteiger partial charge in [-0.3, -0.25) is 4.98 Å². The number of aromatic amines is 1. The van der Waals surface area contributed by atoms with Gasteiger partial charge in [0.2, 0.25) is 0 Å². The summed E-state index contributed by atoms with van der Waals surface area (Å²) in [7, 11) is 4.01. The van der Waals surface area contributed by atoms with E-state index < -0.39 is 0 Å². The topological polar surface area (TPSA) is 109 Å². The van der Waals surface area contributed by atoms with Crippen LogP contribution in [0, 0.1) is 4.91 Å². The molecule has 0 aliphatic heterocycles. The lowest BCUT2D eigenvalue weighted by Crippen LogP contribution is -2.30. The number of nitrogens with zero attached hydrogens (tertiary/aromatic N) is 6. The van der Waals surface area contributed by atoms with Crippen LogP contribution in [0.25, 0.3) is 34.0 Å². The van der Waals surface area contributed by atoms with Gasteiger partial charge in [0, 0.05) is 35.8 Å². The van der Waals surface area contributed by atoms with Crippen LogP contribution in [0.1, 0.15) is 30.5 Å². The summed E-state index contributed by atoms with van der Waals surface area (Å²) in [5.74, 6) is 0.618. The highest BCUT2D eigenvalue weighted by Gasteiger charge is 2.25. The lowest BCUT2D eigenvalue weighted by atomic mass is 10.0. The van der Waals surface area contributed by atoms with Crippen molar-refractivity contribution in [3.05, 3.63) is 71.0 Å². The summed E-state index contributed by atoms with van der Waals surface area (Å²) >= 11 is 0. The number of likely N-dealkylation sites (N-methyl/N-ethyl adjacent to an activating group) is 1. The number of fused-ring (bicyclic) bond motifs is 1. The third-order valence-electron chi connectivity index (χ3n) is 6.47. The molecule has 4 aromatic rings. The van der Waals surface area contributed by atoms with Crippen LogP contribution < -0.4 is 4.74 Å². The van der Waals surface area contributed by atoms with E-state index >= 15 is 0 Å². The van der Waals surface area contributed by atoms with Gasteiger partial charge >= 0.3 is 6.01 Å². The first-order chi connectivity index (χ1) is 17.0. The average Bonchev–Trinajstić information content (AvgIpc) is 3.52. The number of pyridine rings is 1. The number of hydrogen-bond donors (Lipinski definition) is 1. The molecule has 0 spiro atoms.